The van der Waals surface area contributed by atoms with Crippen LogP contribution in [-0.2, 0) is 19.1 Å². The Bertz CT molecular complexity index is 996. The smallest absolute Gasteiger partial charge is 0.347 e. The second-order valence-corrected chi connectivity index (χ2v) is 7.82. The van der Waals surface area contributed by atoms with Gasteiger partial charge in [0.05, 0.1) is 16.1 Å². The first-order valence-electron chi connectivity index (χ1n) is 9.60. The number of aryl methyl sites for hydroxylation is 1. The van der Waals surface area contributed by atoms with E-state index in [1.807, 2.05) is 16.1 Å². The zero-order chi connectivity index (χ0) is 21.7. The summed E-state index contributed by atoms with van der Waals surface area (Å²) in [6.45, 7) is 2.86. The summed E-state index contributed by atoms with van der Waals surface area (Å²) in [5, 5.41) is 8.92. The second kappa shape index (κ2) is 9.44. The minimum atomic E-state index is -4.45. The number of carbonyl (C=O) groups is 1. The lowest BCUT2D eigenvalue weighted by Crippen LogP contribution is -2.41. The average Bonchev–Trinajstić information content (AvgIpc) is 3.36. The van der Waals surface area contributed by atoms with Crippen molar-refractivity contribution in [3.05, 3.63) is 64.0 Å². The number of benzene rings is 1. The van der Waals surface area contributed by atoms with Gasteiger partial charge in [0.2, 0.25) is 0 Å². The number of halogens is 3. The Morgan fingerprint density at radius 2 is 2.07 bits per heavy atom. The number of nitrogens with one attached hydrogen (secondary N) is 1. The fraction of sp³-hybridized carbons (Fsp3) is 0.333. The maximum absolute atomic E-state index is 13.2. The van der Waals surface area contributed by atoms with E-state index in [2.05, 4.69) is 17.3 Å². The summed E-state index contributed by atoms with van der Waals surface area (Å²) in [7, 11) is 0. The molecular weight excluding hydrogens is 413 g/mol. The predicted molar refractivity (Wildman–Crippen MR) is 111 cm³/mol. The van der Waals surface area contributed by atoms with Gasteiger partial charge in [-0.3, -0.25) is 9.48 Å². The molecule has 0 fully saturated rings. The Morgan fingerprint density at radius 3 is 2.77 bits per heavy atom. The molecule has 0 bridgehead atoms. The molecule has 9 heteroatoms. The Balaban J connectivity index is 1.73. The van der Waals surface area contributed by atoms with Gasteiger partial charge in [-0.1, -0.05) is 25.1 Å². The Morgan fingerprint density at radius 1 is 1.30 bits per heavy atom. The van der Waals surface area contributed by atoms with Gasteiger partial charge in [-0.25, -0.2) is 0 Å². The molecule has 0 saturated heterocycles. The largest absolute Gasteiger partial charge is 0.416 e. The number of nitrogens with two attached hydrogens (primary N) is 1. The van der Waals surface area contributed by atoms with Crippen molar-refractivity contribution in [2.24, 2.45) is 5.73 Å². The summed E-state index contributed by atoms with van der Waals surface area (Å²) in [6.07, 6.45) is -1.81. The fourth-order valence-corrected chi connectivity index (χ4v) is 4.05. The van der Waals surface area contributed by atoms with E-state index >= 15 is 0 Å². The Hall–Kier alpha value is -2.65. The molecule has 3 rings (SSSR count). The molecule has 1 amide bonds. The highest BCUT2D eigenvalue weighted by atomic mass is 32.1. The van der Waals surface area contributed by atoms with Crippen molar-refractivity contribution >= 4 is 17.2 Å². The SMILES string of the molecule is CCCn1nccc1-c1csc(C(=O)NC(CN)Cc2ccccc2C(F)(F)F)c1. The van der Waals surface area contributed by atoms with Crippen LogP contribution in [0.5, 0.6) is 0 Å². The number of alkyl halides is 3. The van der Waals surface area contributed by atoms with E-state index in [1.54, 1.807) is 18.3 Å². The van der Waals surface area contributed by atoms with E-state index in [0.29, 0.717) is 4.88 Å². The van der Waals surface area contributed by atoms with Crippen LogP contribution in [0.4, 0.5) is 13.2 Å². The van der Waals surface area contributed by atoms with Gasteiger partial charge < -0.3 is 11.1 Å². The van der Waals surface area contributed by atoms with Crippen molar-refractivity contribution in [3.8, 4) is 11.3 Å². The lowest BCUT2D eigenvalue weighted by molar-refractivity contribution is -0.138. The van der Waals surface area contributed by atoms with Crippen LogP contribution in [0.1, 0.15) is 34.1 Å². The van der Waals surface area contributed by atoms with E-state index in [4.69, 9.17) is 5.73 Å². The predicted octanol–water partition coefficient (Wildman–Crippen LogP) is 4.34. The van der Waals surface area contributed by atoms with E-state index in [0.717, 1.165) is 30.3 Å². The van der Waals surface area contributed by atoms with Gasteiger partial charge in [-0.2, -0.15) is 18.3 Å². The summed E-state index contributed by atoms with van der Waals surface area (Å²) in [4.78, 5) is 13.1. The van der Waals surface area contributed by atoms with E-state index in [-0.39, 0.29) is 24.4 Å². The molecule has 2 aromatic heterocycles. The lowest BCUT2D eigenvalue weighted by atomic mass is 9.99. The Kier molecular flexibility index (Phi) is 6.94. The van der Waals surface area contributed by atoms with Gasteiger partial charge in [0, 0.05) is 36.3 Å². The molecule has 2 heterocycles. The van der Waals surface area contributed by atoms with Gasteiger partial charge in [0.1, 0.15) is 0 Å². The third kappa shape index (κ3) is 5.09. The summed E-state index contributed by atoms with van der Waals surface area (Å²) in [5.41, 5.74) is 6.93. The molecule has 30 heavy (non-hydrogen) atoms. The number of hydrogen-bond acceptors (Lipinski definition) is 4. The molecule has 1 aromatic carbocycles. The van der Waals surface area contributed by atoms with Crippen LogP contribution in [0, 0.1) is 0 Å². The molecule has 1 atom stereocenters. The first-order chi connectivity index (χ1) is 14.3. The van der Waals surface area contributed by atoms with Crippen LogP contribution in [0.3, 0.4) is 0 Å². The van der Waals surface area contributed by atoms with Gasteiger partial charge in [0.15, 0.2) is 0 Å². The van der Waals surface area contributed by atoms with Crippen LogP contribution < -0.4 is 11.1 Å². The van der Waals surface area contributed by atoms with Crippen LogP contribution in [0.2, 0.25) is 0 Å². The topological polar surface area (TPSA) is 72.9 Å². The fourth-order valence-electron chi connectivity index (χ4n) is 3.25. The van der Waals surface area contributed by atoms with Crippen LogP contribution in [0.15, 0.2) is 48.0 Å². The highest BCUT2D eigenvalue weighted by molar-refractivity contribution is 7.12. The lowest BCUT2D eigenvalue weighted by Gasteiger charge is -2.19. The van der Waals surface area contributed by atoms with Crippen molar-refractivity contribution in [1.29, 1.82) is 0 Å². The van der Waals surface area contributed by atoms with Crippen molar-refractivity contribution in [2.75, 3.05) is 6.54 Å². The zero-order valence-electron chi connectivity index (χ0n) is 16.4. The maximum atomic E-state index is 13.2. The maximum Gasteiger partial charge on any atom is 0.416 e. The minimum Gasteiger partial charge on any atom is -0.347 e. The van der Waals surface area contributed by atoms with E-state index < -0.39 is 17.8 Å². The number of amides is 1. The van der Waals surface area contributed by atoms with Crippen LogP contribution >= 0.6 is 11.3 Å². The van der Waals surface area contributed by atoms with Crippen molar-refractivity contribution in [1.82, 2.24) is 15.1 Å². The first kappa shape index (κ1) is 22.0. The average molecular weight is 437 g/mol. The van der Waals surface area contributed by atoms with Crippen molar-refractivity contribution in [2.45, 2.75) is 38.5 Å². The molecule has 3 N–H and O–H groups in total. The monoisotopic (exact) mass is 436 g/mol. The van der Waals surface area contributed by atoms with Gasteiger partial charge in [-0.05, 0) is 36.6 Å². The third-order valence-electron chi connectivity index (χ3n) is 4.68. The van der Waals surface area contributed by atoms with Crippen LogP contribution in [0.25, 0.3) is 11.3 Å². The van der Waals surface area contributed by atoms with Gasteiger partial charge in [0.25, 0.3) is 5.91 Å². The minimum absolute atomic E-state index is 0.000569. The number of thiophene rings is 1. The quantitative estimate of drug-likeness (QED) is 0.552. The molecule has 3 aromatic rings. The first-order valence-corrected chi connectivity index (χ1v) is 10.5. The zero-order valence-corrected chi connectivity index (χ0v) is 17.3. The molecule has 0 saturated carbocycles. The second-order valence-electron chi connectivity index (χ2n) is 6.90. The normalized spacial score (nSPS) is 12.7. The summed E-state index contributed by atoms with van der Waals surface area (Å²) >= 11 is 1.27. The molecule has 1 unspecified atom stereocenters. The molecular formula is C21H23F3N4OS. The van der Waals surface area contributed by atoms with Gasteiger partial charge >= 0.3 is 6.18 Å². The molecule has 0 aliphatic rings. The summed E-state index contributed by atoms with van der Waals surface area (Å²) in [5.74, 6) is -0.354. The number of carbonyl (C=O) groups excluding carboxylic acids is 1. The van der Waals surface area contributed by atoms with Gasteiger partial charge in [-0.15, -0.1) is 11.3 Å². The number of aromatic nitrogens is 2. The highest BCUT2D eigenvalue weighted by Gasteiger charge is 2.33. The Labute approximate surface area is 176 Å². The molecule has 0 spiro atoms. The van der Waals surface area contributed by atoms with Crippen LogP contribution in [-0.4, -0.2) is 28.3 Å². The summed E-state index contributed by atoms with van der Waals surface area (Å²) < 4.78 is 41.6. The number of nitrogens with zero attached hydrogens (tertiary/aromatic N) is 2. The van der Waals surface area contributed by atoms with Crippen molar-refractivity contribution in [3.63, 3.8) is 0 Å². The highest BCUT2D eigenvalue weighted by Crippen LogP contribution is 2.32. The summed E-state index contributed by atoms with van der Waals surface area (Å²) in [6, 6.07) is 8.38. The third-order valence-corrected chi connectivity index (χ3v) is 5.61. The molecule has 5 nitrogen and oxygen atoms in total. The van der Waals surface area contributed by atoms with E-state index in [9.17, 15) is 18.0 Å². The number of rotatable bonds is 8. The van der Waals surface area contributed by atoms with Crippen molar-refractivity contribution < 1.29 is 18.0 Å². The number of hydrogen-bond donors (Lipinski definition) is 2. The molecule has 0 aliphatic heterocycles. The molecule has 0 radical (unpaired) electrons. The standard InChI is InChI=1S/C21H23F3N4OS/c1-2-9-28-18(7-8-26-28)15-11-19(30-13-15)20(29)27-16(12-25)10-14-5-3-4-6-17(14)21(22,23)24/h3-8,11,13,16H,2,9-10,12,25H2,1H3,(H,27,29). The van der Waals surface area contributed by atoms with E-state index in [1.165, 1.54) is 23.5 Å². The molecule has 0 aliphatic carbocycles. The molecule has 160 valence electrons.